The first kappa shape index (κ1) is 12.9. The summed E-state index contributed by atoms with van der Waals surface area (Å²) in [5.74, 6) is 0.111. The van der Waals surface area contributed by atoms with E-state index in [0.717, 1.165) is 22.5 Å². The van der Waals surface area contributed by atoms with Crippen molar-refractivity contribution in [1.29, 1.82) is 0 Å². The van der Waals surface area contributed by atoms with Crippen molar-refractivity contribution in [3.05, 3.63) is 47.3 Å². The molecule has 19 heavy (non-hydrogen) atoms. The SMILES string of the molecule is Cc1nn(C)cc1NCc1ccccc1/C(N)=N/O. The van der Waals surface area contributed by atoms with E-state index in [0.29, 0.717) is 6.54 Å². The lowest BCUT2D eigenvalue weighted by atomic mass is 10.1. The molecular formula is C13H17N5O. The van der Waals surface area contributed by atoms with Gasteiger partial charge in [-0.25, -0.2) is 0 Å². The summed E-state index contributed by atoms with van der Waals surface area (Å²) >= 11 is 0. The molecule has 0 saturated carbocycles. The van der Waals surface area contributed by atoms with Gasteiger partial charge in [0, 0.05) is 25.4 Å². The minimum atomic E-state index is 0.111. The third-order valence-electron chi connectivity index (χ3n) is 2.88. The van der Waals surface area contributed by atoms with Gasteiger partial charge in [-0.1, -0.05) is 29.4 Å². The molecule has 100 valence electrons. The summed E-state index contributed by atoms with van der Waals surface area (Å²) in [7, 11) is 1.88. The lowest BCUT2D eigenvalue weighted by Crippen LogP contribution is -2.16. The Balaban J connectivity index is 2.18. The van der Waals surface area contributed by atoms with Crippen LogP contribution in [0.5, 0.6) is 0 Å². The highest BCUT2D eigenvalue weighted by Gasteiger charge is 2.07. The van der Waals surface area contributed by atoms with E-state index in [-0.39, 0.29) is 5.84 Å². The molecule has 6 heteroatoms. The molecule has 1 aromatic heterocycles. The van der Waals surface area contributed by atoms with Crippen LogP contribution in [0.15, 0.2) is 35.6 Å². The number of aryl methyl sites for hydroxylation is 2. The van der Waals surface area contributed by atoms with Crippen LogP contribution in [-0.4, -0.2) is 20.8 Å². The van der Waals surface area contributed by atoms with Crippen LogP contribution < -0.4 is 11.1 Å². The largest absolute Gasteiger partial charge is 0.409 e. The Morgan fingerprint density at radius 2 is 2.21 bits per heavy atom. The van der Waals surface area contributed by atoms with E-state index in [1.807, 2.05) is 44.4 Å². The van der Waals surface area contributed by atoms with E-state index in [4.69, 9.17) is 10.9 Å². The molecule has 0 aliphatic carbocycles. The predicted octanol–water partition coefficient (Wildman–Crippen LogP) is 1.44. The summed E-state index contributed by atoms with van der Waals surface area (Å²) < 4.78 is 1.76. The topological polar surface area (TPSA) is 88.5 Å². The molecule has 0 fully saturated rings. The number of oxime groups is 1. The van der Waals surface area contributed by atoms with Gasteiger partial charge in [0.15, 0.2) is 5.84 Å². The van der Waals surface area contributed by atoms with Crippen LogP contribution in [0.3, 0.4) is 0 Å². The van der Waals surface area contributed by atoms with E-state index in [1.165, 1.54) is 0 Å². The van der Waals surface area contributed by atoms with Crippen molar-refractivity contribution in [2.75, 3.05) is 5.32 Å². The Bertz CT molecular complexity index is 603. The van der Waals surface area contributed by atoms with Crippen molar-refractivity contribution in [3.8, 4) is 0 Å². The van der Waals surface area contributed by atoms with E-state index < -0.39 is 0 Å². The maximum atomic E-state index is 8.77. The molecule has 0 aliphatic heterocycles. The highest BCUT2D eigenvalue weighted by Crippen LogP contribution is 2.15. The first-order chi connectivity index (χ1) is 9.11. The monoisotopic (exact) mass is 259 g/mol. The first-order valence-electron chi connectivity index (χ1n) is 5.91. The molecule has 2 rings (SSSR count). The van der Waals surface area contributed by atoms with Crippen LogP contribution in [0.2, 0.25) is 0 Å². The number of aromatic nitrogens is 2. The molecule has 1 aromatic carbocycles. The number of amidine groups is 1. The summed E-state index contributed by atoms with van der Waals surface area (Å²) in [5, 5.41) is 19.4. The number of hydrogen-bond donors (Lipinski definition) is 3. The average Bonchev–Trinajstić information content (AvgIpc) is 2.74. The minimum Gasteiger partial charge on any atom is -0.409 e. The van der Waals surface area contributed by atoms with Crippen LogP contribution in [0.25, 0.3) is 0 Å². The molecule has 0 saturated heterocycles. The zero-order valence-electron chi connectivity index (χ0n) is 11.0. The highest BCUT2D eigenvalue weighted by atomic mass is 16.4. The fourth-order valence-electron chi connectivity index (χ4n) is 1.94. The molecule has 6 nitrogen and oxygen atoms in total. The van der Waals surface area contributed by atoms with Crippen LogP contribution in [0.4, 0.5) is 5.69 Å². The molecule has 0 aliphatic rings. The average molecular weight is 259 g/mol. The molecule has 4 N–H and O–H groups in total. The number of nitrogens with one attached hydrogen (secondary N) is 1. The summed E-state index contributed by atoms with van der Waals surface area (Å²) in [5.41, 5.74) is 9.24. The first-order valence-corrected chi connectivity index (χ1v) is 5.91. The molecule has 2 aromatic rings. The lowest BCUT2D eigenvalue weighted by Gasteiger charge is -2.09. The molecule has 1 heterocycles. The molecule has 0 bridgehead atoms. The van der Waals surface area contributed by atoms with Gasteiger partial charge in [-0.2, -0.15) is 5.10 Å². The quantitative estimate of drug-likeness (QED) is 0.335. The highest BCUT2D eigenvalue weighted by molar-refractivity contribution is 5.98. The fourth-order valence-corrected chi connectivity index (χ4v) is 1.94. The fraction of sp³-hybridized carbons (Fsp3) is 0.231. The summed E-state index contributed by atoms with van der Waals surface area (Å²) in [6, 6.07) is 7.53. The summed E-state index contributed by atoms with van der Waals surface area (Å²) in [6.45, 7) is 2.52. The number of nitrogens with zero attached hydrogens (tertiary/aromatic N) is 3. The molecule has 0 unspecified atom stereocenters. The maximum absolute atomic E-state index is 8.77. The van der Waals surface area contributed by atoms with Gasteiger partial charge >= 0.3 is 0 Å². The van der Waals surface area contributed by atoms with Crippen LogP contribution in [0.1, 0.15) is 16.8 Å². The molecule has 0 spiro atoms. The molecular weight excluding hydrogens is 242 g/mol. The zero-order chi connectivity index (χ0) is 13.8. The second-order valence-corrected chi connectivity index (χ2v) is 4.30. The minimum absolute atomic E-state index is 0.111. The third-order valence-corrected chi connectivity index (χ3v) is 2.88. The van der Waals surface area contributed by atoms with E-state index >= 15 is 0 Å². The van der Waals surface area contributed by atoms with Gasteiger partial charge in [-0.05, 0) is 12.5 Å². The van der Waals surface area contributed by atoms with Gasteiger partial charge in [-0.15, -0.1) is 0 Å². The van der Waals surface area contributed by atoms with Crippen molar-refractivity contribution in [2.45, 2.75) is 13.5 Å². The van der Waals surface area contributed by atoms with E-state index in [1.54, 1.807) is 4.68 Å². The standard InChI is InChI=1S/C13H17N5O/c1-9-12(8-18(2)16-9)15-7-10-5-3-4-6-11(10)13(14)17-19/h3-6,8,15,19H,7H2,1-2H3,(H2,14,17). The second kappa shape index (κ2) is 5.43. The van der Waals surface area contributed by atoms with Gasteiger partial charge in [0.1, 0.15) is 0 Å². The Morgan fingerprint density at radius 3 is 2.84 bits per heavy atom. The van der Waals surface area contributed by atoms with E-state index in [9.17, 15) is 0 Å². The number of anilines is 1. The van der Waals surface area contributed by atoms with Crippen molar-refractivity contribution < 1.29 is 5.21 Å². The van der Waals surface area contributed by atoms with Gasteiger partial charge in [0.2, 0.25) is 0 Å². The van der Waals surface area contributed by atoms with Gasteiger partial charge in [0.25, 0.3) is 0 Å². The van der Waals surface area contributed by atoms with Crippen molar-refractivity contribution in [2.24, 2.45) is 17.9 Å². The van der Waals surface area contributed by atoms with Gasteiger partial charge in [0.05, 0.1) is 11.4 Å². The van der Waals surface area contributed by atoms with Gasteiger partial charge < -0.3 is 16.3 Å². The Morgan fingerprint density at radius 1 is 1.47 bits per heavy atom. The van der Waals surface area contributed by atoms with Crippen molar-refractivity contribution in [1.82, 2.24) is 9.78 Å². The third kappa shape index (κ3) is 2.85. The van der Waals surface area contributed by atoms with Crippen molar-refractivity contribution in [3.63, 3.8) is 0 Å². The van der Waals surface area contributed by atoms with Crippen molar-refractivity contribution >= 4 is 11.5 Å². The van der Waals surface area contributed by atoms with E-state index in [2.05, 4.69) is 15.6 Å². The van der Waals surface area contributed by atoms with Crippen LogP contribution in [-0.2, 0) is 13.6 Å². The Kier molecular flexibility index (Phi) is 3.70. The number of nitrogens with two attached hydrogens (primary N) is 1. The van der Waals surface area contributed by atoms with Crippen LogP contribution >= 0.6 is 0 Å². The summed E-state index contributed by atoms with van der Waals surface area (Å²) in [4.78, 5) is 0. The number of hydrogen-bond acceptors (Lipinski definition) is 4. The smallest absolute Gasteiger partial charge is 0.170 e. The number of rotatable bonds is 4. The molecule has 0 radical (unpaired) electrons. The number of benzene rings is 1. The molecule has 0 amide bonds. The molecule has 0 atom stereocenters. The predicted molar refractivity (Wildman–Crippen MR) is 74.2 cm³/mol. The maximum Gasteiger partial charge on any atom is 0.170 e. The zero-order valence-corrected chi connectivity index (χ0v) is 11.0. The van der Waals surface area contributed by atoms with Gasteiger partial charge in [-0.3, -0.25) is 4.68 Å². The second-order valence-electron chi connectivity index (χ2n) is 4.30. The lowest BCUT2D eigenvalue weighted by molar-refractivity contribution is 0.318. The van der Waals surface area contributed by atoms with Crippen LogP contribution in [0, 0.1) is 6.92 Å². The Hall–Kier alpha value is -2.50. The summed E-state index contributed by atoms with van der Waals surface area (Å²) in [6.07, 6.45) is 1.92. The Labute approximate surface area is 111 Å². The normalized spacial score (nSPS) is 11.6.